The molecule has 2 aromatic carbocycles. The highest BCUT2D eigenvalue weighted by Gasteiger charge is 2.51. The summed E-state index contributed by atoms with van der Waals surface area (Å²) in [6.45, 7) is 4.62. The molecule has 0 aliphatic carbocycles. The predicted octanol–water partition coefficient (Wildman–Crippen LogP) is 3.83. The molecule has 1 saturated heterocycles. The monoisotopic (exact) mass is 452 g/mol. The van der Waals surface area contributed by atoms with Crippen LogP contribution in [0.3, 0.4) is 0 Å². The molecule has 2 N–H and O–H groups in total. The fraction of sp³-hybridized carbons (Fsp3) is 0.333. The number of thioether (sulfide) groups is 1. The number of phenolic OH excluding ortho intramolecular Hbond substituents is 1. The van der Waals surface area contributed by atoms with Crippen LogP contribution in [-0.2, 0) is 10.5 Å². The number of nitriles is 1. The summed E-state index contributed by atoms with van der Waals surface area (Å²) in [5.41, 5.74) is 0.154. The number of carbonyl (C=O) groups is 1. The Hall–Kier alpha value is -3.15. The van der Waals surface area contributed by atoms with Crippen molar-refractivity contribution in [3.8, 4) is 23.3 Å². The van der Waals surface area contributed by atoms with Gasteiger partial charge >= 0.3 is 0 Å². The molecule has 0 aromatic heterocycles. The molecule has 0 saturated carbocycles. The molecule has 2 aliphatic rings. The number of phenols is 1. The highest BCUT2D eigenvalue weighted by atomic mass is 32.2. The first-order valence-electron chi connectivity index (χ1n) is 10.4. The van der Waals surface area contributed by atoms with E-state index >= 15 is 0 Å². The van der Waals surface area contributed by atoms with Gasteiger partial charge in [0, 0.05) is 17.9 Å². The van der Waals surface area contributed by atoms with E-state index in [1.54, 1.807) is 36.4 Å². The van der Waals surface area contributed by atoms with Crippen molar-refractivity contribution in [3.63, 3.8) is 0 Å². The summed E-state index contributed by atoms with van der Waals surface area (Å²) in [5.74, 6) is 0.476. The SMILES string of the molecule is CCOc1ccc([C@]2(O)CSC3=C(C#N)[C@H](c4ccc(O)c(OCC)c4)CC(=O)N32)cc1. The smallest absolute Gasteiger partial charge is 0.231 e. The Bertz CT molecular complexity index is 1110. The van der Waals surface area contributed by atoms with Crippen LogP contribution in [0.15, 0.2) is 53.1 Å². The standard InChI is InChI=1S/C24H24N2O5S/c1-3-30-17-8-6-16(7-9-17)24(29)14-32-23-19(13-25)18(12-22(28)26(23)24)15-5-10-20(27)21(11-15)31-4-2/h5-11,18,27,29H,3-4,12,14H2,1-2H3/t18-,24+/m0/s1. The summed E-state index contributed by atoms with van der Waals surface area (Å²) in [5, 5.41) is 32.0. The quantitative estimate of drug-likeness (QED) is 0.686. The highest BCUT2D eigenvalue weighted by Crippen LogP contribution is 2.52. The minimum Gasteiger partial charge on any atom is -0.504 e. The number of rotatable bonds is 6. The van der Waals surface area contributed by atoms with Gasteiger partial charge in [-0.05, 0) is 43.7 Å². The molecule has 8 heteroatoms. The predicted molar refractivity (Wildman–Crippen MR) is 120 cm³/mol. The fourth-order valence-corrected chi connectivity index (χ4v) is 5.49. The Morgan fingerprint density at radius 3 is 2.56 bits per heavy atom. The van der Waals surface area contributed by atoms with Crippen molar-refractivity contribution in [1.82, 2.24) is 4.90 Å². The number of fused-ring (bicyclic) bond motifs is 1. The molecule has 2 atom stereocenters. The zero-order valence-electron chi connectivity index (χ0n) is 17.9. The maximum absolute atomic E-state index is 13.3. The van der Waals surface area contributed by atoms with Gasteiger partial charge in [-0.25, -0.2) is 0 Å². The molecule has 0 bridgehead atoms. The van der Waals surface area contributed by atoms with Crippen LogP contribution in [0.25, 0.3) is 0 Å². The van der Waals surface area contributed by atoms with E-state index in [0.717, 1.165) is 0 Å². The van der Waals surface area contributed by atoms with Crippen LogP contribution in [0, 0.1) is 11.3 Å². The lowest BCUT2D eigenvalue weighted by Gasteiger charge is -2.38. The lowest BCUT2D eigenvalue weighted by atomic mass is 9.85. The van der Waals surface area contributed by atoms with Gasteiger partial charge in [-0.15, -0.1) is 11.8 Å². The van der Waals surface area contributed by atoms with E-state index in [0.29, 0.717) is 46.4 Å². The van der Waals surface area contributed by atoms with E-state index in [4.69, 9.17) is 9.47 Å². The minimum atomic E-state index is -1.54. The Kier molecular flexibility index (Phi) is 6.04. The van der Waals surface area contributed by atoms with E-state index < -0.39 is 11.6 Å². The molecule has 2 aliphatic heterocycles. The van der Waals surface area contributed by atoms with Gasteiger partial charge in [0.2, 0.25) is 5.91 Å². The average molecular weight is 453 g/mol. The molecule has 32 heavy (non-hydrogen) atoms. The molecule has 4 rings (SSSR count). The third-order valence-electron chi connectivity index (χ3n) is 5.62. The number of benzene rings is 2. The summed E-state index contributed by atoms with van der Waals surface area (Å²) in [4.78, 5) is 14.6. The lowest BCUT2D eigenvalue weighted by molar-refractivity contribution is -0.149. The van der Waals surface area contributed by atoms with Gasteiger partial charge in [-0.2, -0.15) is 5.26 Å². The van der Waals surface area contributed by atoms with Gasteiger partial charge in [-0.3, -0.25) is 9.69 Å². The summed E-state index contributed by atoms with van der Waals surface area (Å²) >= 11 is 1.30. The Morgan fingerprint density at radius 1 is 1.19 bits per heavy atom. The van der Waals surface area contributed by atoms with Crippen LogP contribution < -0.4 is 9.47 Å². The number of ether oxygens (including phenoxy) is 2. The molecule has 166 valence electrons. The van der Waals surface area contributed by atoms with Crippen molar-refractivity contribution in [1.29, 1.82) is 5.26 Å². The van der Waals surface area contributed by atoms with Crippen molar-refractivity contribution >= 4 is 17.7 Å². The molecular weight excluding hydrogens is 428 g/mol. The molecule has 2 aromatic rings. The molecule has 0 spiro atoms. The topological polar surface area (TPSA) is 103 Å². The zero-order chi connectivity index (χ0) is 22.9. The molecule has 0 unspecified atom stereocenters. The van der Waals surface area contributed by atoms with Crippen LogP contribution in [-0.4, -0.2) is 40.0 Å². The number of hydrogen-bond donors (Lipinski definition) is 2. The van der Waals surface area contributed by atoms with Crippen LogP contribution in [0.1, 0.15) is 37.3 Å². The highest BCUT2D eigenvalue weighted by molar-refractivity contribution is 8.03. The zero-order valence-corrected chi connectivity index (χ0v) is 18.7. The third kappa shape index (κ3) is 3.68. The van der Waals surface area contributed by atoms with Crippen LogP contribution in [0.5, 0.6) is 17.2 Å². The van der Waals surface area contributed by atoms with Gasteiger partial charge in [0.15, 0.2) is 17.2 Å². The summed E-state index contributed by atoms with van der Waals surface area (Å²) in [7, 11) is 0. The molecule has 0 radical (unpaired) electrons. The molecular formula is C24H24N2O5S. The lowest BCUT2D eigenvalue weighted by Crippen LogP contribution is -2.48. The van der Waals surface area contributed by atoms with Gasteiger partial charge in [0.05, 0.1) is 35.6 Å². The van der Waals surface area contributed by atoms with Gasteiger partial charge < -0.3 is 19.7 Å². The molecule has 2 heterocycles. The minimum absolute atomic E-state index is 0.00522. The van der Waals surface area contributed by atoms with E-state index in [1.807, 2.05) is 13.8 Å². The van der Waals surface area contributed by atoms with Crippen LogP contribution >= 0.6 is 11.8 Å². The Labute approximate surface area is 190 Å². The second-order valence-corrected chi connectivity index (χ2v) is 8.50. The van der Waals surface area contributed by atoms with Crippen LogP contribution in [0.2, 0.25) is 0 Å². The normalized spacial score (nSPS) is 22.5. The van der Waals surface area contributed by atoms with E-state index in [9.17, 15) is 20.3 Å². The summed E-state index contributed by atoms with van der Waals surface area (Å²) in [6.07, 6.45) is 0.0304. The molecule has 1 fully saturated rings. The van der Waals surface area contributed by atoms with Gasteiger partial charge in [-0.1, -0.05) is 18.2 Å². The maximum atomic E-state index is 13.3. The van der Waals surface area contributed by atoms with Crippen molar-refractivity contribution < 1.29 is 24.5 Å². The number of amides is 1. The first-order chi connectivity index (χ1) is 15.4. The van der Waals surface area contributed by atoms with Crippen molar-refractivity contribution in [2.45, 2.75) is 31.9 Å². The van der Waals surface area contributed by atoms with E-state index in [2.05, 4.69) is 6.07 Å². The summed E-state index contributed by atoms with van der Waals surface area (Å²) in [6, 6.07) is 14.1. The first kappa shape index (κ1) is 22.1. The number of hydrogen-bond acceptors (Lipinski definition) is 7. The van der Waals surface area contributed by atoms with Crippen molar-refractivity contribution in [3.05, 3.63) is 64.2 Å². The number of allylic oxidation sites excluding steroid dienone is 1. The second kappa shape index (κ2) is 8.77. The average Bonchev–Trinajstić information content (AvgIpc) is 3.15. The number of nitrogens with zero attached hydrogens (tertiary/aromatic N) is 2. The number of aromatic hydroxyl groups is 1. The number of carbonyl (C=O) groups excluding carboxylic acids is 1. The van der Waals surface area contributed by atoms with Gasteiger partial charge in [0.1, 0.15) is 5.75 Å². The Morgan fingerprint density at radius 2 is 1.91 bits per heavy atom. The van der Waals surface area contributed by atoms with E-state index in [1.165, 1.54) is 22.7 Å². The van der Waals surface area contributed by atoms with Crippen molar-refractivity contribution in [2.75, 3.05) is 19.0 Å². The summed E-state index contributed by atoms with van der Waals surface area (Å²) < 4.78 is 10.9. The van der Waals surface area contributed by atoms with Crippen LogP contribution in [0.4, 0.5) is 0 Å². The number of aliphatic hydroxyl groups is 1. The largest absolute Gasteiger partial charge is 0.504 e. The third-order valence-corrected chi connectivity index (χ3v) is 6.85. The Balaban J connectivity index is 1.73. The maximum Gasteiger partial charge on any atom is 0.231 e. The van der Waals surface area contributed by atoms with Crippen molar-refractivity contribution in [2.24, 2.45) is 0 Å². The van der Waals surface area contributed by atoms with Gasteiger partial charge in [0.25, 0.3) is 0 Å². The molecule has 1 amide bonds. The fourth-order valence-electron chi connectivity index (χ4n) is 4.13. The van der Waals surface area contributed by atoms with E-state index in [-0.39, 0.29) is 23.8 Å². The molecule has 7 nitrogen and oxygen atoms in total. The first-order valence-corrected chi connectivity index (χ1v) is 11.4. The second-order valence-electron chi connectivity index (χ2n) is 7.54.